The zero-order valence-electron chi connectivity index (χ0n) is 13.1. The molecule has 0 aliphatic carbocycles. The minimum Gasteiger partial charge on any atom is -0.345 e. The van der Waals surface area contributed by atoms with Crippen LogP contribution in [-0.4, -0.2) is 45.3 Å². The maximum Gasteiger partial charge on any atom is 0.246 e. The van der Waals surface area contributed by atoms with Crippen molar-refractivity contribution in [3.8, 4) is 0 Å². The molecule has 0 bridgehead atoms. The number of hydrogen-bond donors (Lipinski definition) is 0. The van der Waals surface area contributed by atoms with Crippen molar-refractivity contribution in [1.29, 1.82) is 0 Å². The van der Waals surface area contributed by atoms with Crippen molar-refractivity contribution in [2.24, 2.45) is 7.05 Å². The van der Waals surface area contributed by atoms with Gasteiger partial charge in [0.05, 0.1) is 23.9 Å². The predicted molar refractivity (Wildman–Crippen MR) is 95.0 cm³/mol. The summed E-state index contributed by atoms with van der Waals surface area (Å²) in [6.07, 6.45) is 5.11. The van der Waals surface area contributed by atoms with E-state index in [1.165, 1.54) is 0 Å². The average Bonchev–Trinajstić information content (AvgIpc) is 3.00. The number of carbonyl (C=O) groups excluding carboxylic acids is 1. The third-order valence-corrected chi connectivity index (χ3v) is 4.59. The second-order valence-corrected chi connectivity index (χ2v) is 6.61. The second kappa shape index (κ2) is 5.86. The molecule has 1 amide bonds. The van der Waals surface area contributed by atoms with Gasteiger partial charge in [-0.1, -0.05) is 15.9 Å². The van der Waals surface area contributed by atoms with Crippen LogP contribution in [0.25, 0.3) is 10.9 Å². The van der Waals surface area contributed by atoms with Crippen molar-refractivity contribution in [2.75, 3.05) is 29.4 Å². The number of hydrogen-bond acceptors (Lipinski definition) is 5. The fourth-order valence-corrected chi connectivity index (χ4v) is 3.30. The van der Waals surface area contributed by atoms with Crippen LogP contribution >= 0.6 is 15.9 Å². The van der Waals surface area contributed by atoms with Crippen molar-refractivity contribution in [3.05, 3.63) is 41.4 Å². The number of carbonyl (C=O) groups is 1. The minimum absolute atomic E-state index is 0.0380. The first-order valence-electron chi connectivity index (χ1n) is 7.56. The molecule has 0 unspecified atom stereocenters. The molecular formula is C16H15BrN6O. The molecule has 1 fully saturated rings. The van der Waals surface area contributed by atoms with E-state index in [0.29, 0.717) is 13.1 Å². The second-order valence-electron chi connectivity index (χ2n) is 5.70. The lowest BCUT2D eigenvalue weighted by atomic mass is 10.2. The Balaban J connectivity index is 1.64. The van der Waals surface area contributed by atoms with Gasteiger partial charge < -0.3 is 9.80 Å². The molecule has 0 spiro atoms. The Morgan fingerprint density at radius 3 is 2.83 bits per heavy atom. The van der Waals surface area contributed by atoms with Gasteiger partial charge in [0.1, 0.15) is 12.1 Å². The summed E-state index contributed by atoms with van der Waals surface area (Å²) < 4.78 is 2.66. The van der Waals surface area contributed by atoms with E-state index in [1.54, 1.807) is 22.1 Å². The summed E-state index contributed by atoms with van der Waals surface area (Å²) >= 11 is 3.49. The summed E-state index contributed by atoms with van der Waals surface area (Å²) in [4.78, 5) is 25.1. The molecule has 2 aromatic heterocycles. The normalized spacial score (nSPS) is 15.3. The Morgan fingerprint density at radius 2 is 2.08 bits per heavy atom. The van der Waals surface area contributed by atoms with E-state index in [0.717, 1.165) is 26.9 Å². The first-order valence-corrected chi connectivity index (χ1v) is 8.35. The summed E-state index contributed by atoms with van der Waals surface area (Å²) in [7, 11) is 1.84. The van der Waals surface area contributed by atoms with Gasteiger partial charge in [-0.25, -0.2) is 9.97 Å². The number of anilines is 2. The molecular weight excluding hydrogens is 372 g/mol. The summed E-state index contributed by atoms with van der Waals surface area (Å²) in [6.45, 7) is 1.59. The van der Waals surface area contributed by atoms with E-state index in [2.05, 4.69) is 31.0 Å². The molecule has 7 nitrogen and oxygen atoms in total. The Morgan fingerprint density at radius 1 is 1.21 bits per heavy atom. The van der Waals surface area contributed by atoms with Crippen molar-refractivity contribution in [3.63, 3.8) is 0 Å². The van der Waals surface area contributed by atoms with Crippen LogP contribution in [0.3, 0.4) is 0 Å². The van der Waals surface area contributed by atoms with Crippen molar-refractivity contribution in [1.82, 2.24) is 19.7 Å². The minimum atomic E-state index is 0.0380. The average molecular weight is 387 g/mol. The van der Waals surface area contributed by atoms with Crippen LogP contribution in [0.15, 0.2) is 41.4 Å². The lowest BCUT2D eigenvalue weighted by Gasteiger charge is -2.34. The van der Waals surface area contributed by atoms with Crippen LogP contribution in [0.4, 0.5) is 11.5 Å². The number of amides is 1. The highest BCUT2D eigenvalue weighted by atomic mass is 79.9. The van der Waals surface area contributed by atoms with E-state index in [-0.39, 0.29) is 12.5 Å². The monoisotopic (exact) mass is 386 g/mol. The Hall–Kier alpha value is -2.48. The van der Waals surface area contributed by atoms with Gasteiger partial charge in [0.25, 0.3) is 0 Å². The zero-order chi connectivity index (χ0) is 16.7. The first kappa shape index (κ1) is 15.1. The third kappa shape index (κ3) is 2.62. The summed E-state index contributed by atoms with van der Waals surface area (Å²) in [5.74, 6) is 0.830. The fourth-order valence-electron chi connectivity index (χ4n) is 2.94. The number of rotatable bonds is 2. The number of benzene rings is 1. The van der Waals surface area contributed by atoms with Gasteiger partial charge >= 0.3 is 0 Å². The molecule has 0 N–H and O–H groups in total. The third-order valence-electron chi connectivity index (χ3n) is 4.10. The van der Waals surface area contributed by atoms with Crippen molar-refractivity contribution >= 4 is 44.2 Å². The van der Waals surface area contributed by atoms with Gasteiger partial charge in [-0.3, -0.25) is 9.48 Å². The standard InChI is InChI=1S/C16H15BrN6O/c1-21-8-12(7-20-21)23-5-4-22(9-15(23)24)16-13-6-11(17)2-3-14(13)18-10-19-16/h2-3,6-8,10H,4-5,9H2,1H3. The Bertz CT molecular complexity index is 924. The molecule has 1 aliphatic rings. The van der Waals surface area contributed by atoms with Crippen LogP contribution in [0.1, 0.15) is 0 Å². The number of halogens is 1. The topological polar surface area (TPSA) is 67.2 Å². The molecule has 122 valence electrons. The van der Waals surface area contributed by atoms with Gasteiger partial charge in [0.15, 0.2) is 0 Å². The summed E-state index contributed by atoms with van der Waals surface area (Å²) in [5.41, 5.74) is 1.70. The molecule has 3 aromatic rings. The molecule has 4 rings (SSSR count). The van der Waals surface area contributed by atoms with Crippen molar-refractivity contribution in [2.45, 2.75) is 0 Å². The summed E-state index contributed by atoms with van der Waals surface area (Å²) in [5, 5.41) is 5.08. The molecule has 0 saturated carbocycles. The molecule has 1 saturated heterocycles. The molecule has 0 radical (unpaired) electrons. The smallest absolute Gasteiger partial charge is 0.246 e. The Labute approximate surface area is 147 Å². The number of aryl methyl sites for hydroxylation is 1. The highest BCUT2D eigenvalue weighted by Crippen LogP contribution is 2.27. The SMILES string of the molecule is Cn1cc(N2CCN(c3ncnc4ccc(Br)cc34)CC2=O)cn1. The quantitative estimate of drug-likeness (QED) is 0.673. The van der Waals surface area contributed by atoms with E-state index >= 15 is 0 Å². The largest absolute Gasteiger partial charge is 0.345 e. The van der Waals surface area contributed by atoms with Gasteiger partial charge in [0.2, 0.25) is 5.91 Å². The van der Waals surface area contributed by atoms with Crippen molar-refractivity contribution < 1.29 is 4.79 Å². The van der Waals surface area contributed by atoms with Crippen LogP contribution in [0.2, 0.25) is 0 Å². The highest BCUT2D eigenvalue weighted by molar-refractivity contribution is 9.10. The highest BCUT2D eigenvalue weighted by Gasteiger charge is 2.27. The van der Waals surface area contributed by atoms with Crippen LogP contribution in [0.5, 0.6) is 0 Å². The van der Waals surface area contributed by atoms with Gasteiger partial charge in [-0.2, -0.15) is 5.10 Å². The molecule has 1 aromatic carbocycles. The zero-order valence-corrected chi connectivity index (χ0v) is 14.6. The van der Waals surface area contributed by atoms with Crippen LogP contribution in [-0.2, 0) is 11.8 Å². The van der Waals surface area contributed by atoms with E-state index in [1.807, 2.05) is 36.3 Å². The lowest BCUT2D eigenvalue weighted by molar-refractivity contribution is -0.117. The van der Waals surface area contributed by atoms with E-state index in [4.69, 9.17) is 0 Å². The lowest BCUT2D eigenvalue weighted by Crippen LogP contribution is -2.50. The van der Waals surface area contributed by atoms with Crippen LogP contribution in [0, 0.1) is 0 Å². The number of nitrogens with zero attached hydrogens (tertiary/aromatic N) is 6. The van der Waals surface area contributed by atoms with E-state index in [9.17, 15) is 4.79 Å². The number of aromatic nitrogens is 4. The molecule has 24 heavy (non-hydrogen) atoms. The van der Waals surface area contributed by atoms with Crippen LogP contribution < -0.4 is 9.80 Å². The molecule has 8 heteroatoms. The van der Waals surface area contributed by atoms with Gasteiger partial charge in [-0.15, -0.1) is 0 Å². The molecule has 0 atom stereocenters. The van der Waals surface area contributed by atoms with E-state index < -0.39 is 0 Å². The maximum atomic E-state index is 12.6. The predicted octanol–water partition coefficient (Wildman–Crippen LogP) is 1.98. The summed E-state index contributed by atoms with van der Waals surface area (Å²) in [6, 6.07) is 5.88. The van der Waals surface area contributed by atoms with Gasteiger partial charge in [0, 0.05) is 36.2 Å². The fraction of sp³-hybridized carbons (Fsp3) is 0.250. The first-order chi connectivity index (χ1) is 11.6. The number of fused-ring (bicyclic) bond motifs is 1. The van der Waals surface area contributed by atoms with Gasteiger partial charge in [-0.05, 0) is 18.2 Å². The molecule has 3 heterocycles. The Kier molecular flexibility index (Phi) is 3.68. The maximum absolute atomic E-state index is 12.6. The molecule has 1 aliphatic heterocycles. The number of piperazine rings is 1.